The Morgan fingerprint density at radius 3 is 2.17 bits per heavy atom. The summed E-state index contributed by atoms with van der Waals surface area (Å²) < 4.78 is 24.7. The van der Waals surface area contributed by atoms with Crippen molar-refractivity contribution < 1.29 is 13.9 Å². The van der Waals surface area contributed by atoms with Gasteiger partial charge in [0.25, 0.3) is 0 Å². The van der Waals surface area contributed by atoms with Crippen LogP contribution < -0.4 is 0 Å². The van der Waals surface area contributed by atoms with E-state index >= 15 is 0 Å². The minimum absolute atomic E-state index is 0.198. The third-order valence-electron chi connectivity index (χ3n) is 6.04. The van der Waals surface area contributed by atoms with Gasteiger partial charge in [0.2, 0.25) is 0 Å². The first-order chi connectivity index (χ1) is 14.6. The fraction of sp³-hybridized carbons (Fsp3) is 0.308. The molecule has 2 nitrogen and oxygen atoms in total. The van der Waals surface area contributed by atoms with Crippen molar-refractivity contribution in [2.24, 2.45) is 0 Å². The van der Waals surface area contributed by atoms with Crippen LogP contribution in [0, 0.1) is 5.82 Å². The standard InChI is InChI=1S/C26H27FO2S/c1-19(20-6-10-23(27)11-7-20)21-8-12-24(13-9-21)30-25-5-3-4-22(18-25)26(28-2)14-16-29-17-15-26/h3-13,18-19H,14-17H2,1-2H3. The van der Waals surface area contributed by atoms with Crippen LogP contribution >= 0.6 is 11.8 Å². The van der Waals surface area contributed by atoms with Gasteiger partial charge in [0.1, 0.15) is 5.82 Å². The van der Waals surface area contributed by atoms with Crippen molar-refractivity contribution in [3.63, 3.8) is 0 Å². The fourth-order valence-corrected chi connectivity index (χ4v) is 4.94. The number of methoxy groups -OCH3 is 1. The van der Waals surface area contributed by atoms with Gasteiger partial charge in [-0.1, -0.05) is 55.1 Å². The molecule has 0 radical (unpaired) electrons. The van der Waals surface area contributed by atoms with E-state index in [-0.39, 0.29) is 17.3 Å². The first kappa shape index (κ1) is 21.1. The Labute approximate surface area is 182 Å². The highest BCUT2D eigenvalue weighted by molar-refractivity contribution is 7.99. The number of hydrogen-bond donors (Lipinski definition) is 0. The molecular formula is C26H27FO2S. The average molecular weight is 423 g/mol. The first-order valence-electron chi connectivity index (χ1n) is 10.4. The second kappa shape index (κ2) is 9.34. The van der Waals surface area contributed by atoms with Crippen LogP contribution in [0.2, 0.25) is 0 Å². The summed E-state index contributed by atoms with van der Waals surface area (Å²) in [7, 11) is 1.80. The molecule has 0 bridgehead atoms. The van der Waals surface area contributed by atoms with Crippen LogP contribution in [0.25, 0.3) is 0 Å². The van der Waals surface area contributed by atoms with Crippen LogP contribution in [0.4, 0.5) is 4.39 Å². The zero-order valence-corrected chi connectivity index (χ0v) is 18.3. The predicted molar refractivity (Wildman–Crippen MR) is 120 cm³/mol. The molecule has 1 aliphatic rings. The van der Waals surface area contributed by atoms with Gasteiger partial charge in [0.05, 0.1) is 5.60 Å². The zero-order chi connectivity index (χ0) is 21.0. The Balaban J connectivity index is 1.49. The molecule has 0 saturated carbocycles. The van der Waals surface area contributed by atoms with Gasteiger partial charge in [0.15, 0.2) is 0 Å². The third kappa shape index (κ3) is 4.61. The number of rotatable bonds is 6. The van der Waals surface area contributed by atoms with Crippen LogP contribution in [-0.4, -0.2) is 20.3 Å². The normalized spacial score (nSPS) is 16.9. The van der Waals surface area contributed by atoms with Gasteiger partial charge in [0, 0.05) is 48.9 Å². The molecule has 0 spiro atoms. The van der Waals surface area contributed by atoms with Gasteiger partial charge in [-0.15, -0.1) is 0 Å². The quantitative estimate of drug-likeness (QED) is 0.436. The maximum Gasteiger partial charge on any atom is 0.123 e. The minimum atomic E-state index is -0.247. The molecule has 1 heterocycles. The van der Waals surface area contributed by atoms with Crippen molar-refractivity contribution in [3.05, 3.63) is 95.3 Å². The highest BCUT2D eigenvalue weighted by Gasteiger charge is 2.34. The number of ether oxygens (including phenoxy) is 2. The Morgan fingerprint density at radius 2 is 1.53 bits per heavy atom. The molecule has 1 atom stereocenters. The average Bonchev–Trinajstić information content (AvgIpc) is 2.80. The van der Waals surface area contributed by atoms with Crippen LogP contribution in [-0.2, 0) is 15.1 Å². The number of halogens is 1. The van der Waals surface area contributed by atoms with Gasteiger partial charge in [-0.3, -0.25) is 0 Å². The van der Waals surface area contributed by atoms with Crippen LogP contribution in [0.15, 0.2) is 82.6 Å². The van der Waals surface area contributed by atoms with Crippen molar-refractivity contribution in [1.82, 2.24) is 0 Å². The Bertz CT molecular complexity index is 963. The Kier molecular flexibility index (Phi) is 6.57. The van der Waals surface area contributed by atoms with E-state index in [2.05, 4.69) is 55.5 Å². The van der Waals surface area contributed by atoms with E-state index in [1.807, 2.05) is 12.1 Å². The topological polar surface area (TPSA) is 18.5 Å². The molecular weight excluding hydrogens is 395 g/mol. The van der Waals surface area contributed by atoms with Crippen molar-refractivity contribution >= 4 is 11.8 Å². The van der Waals surface area contributed by atoms with Crippen LogP contribution in [0.1, 0.15) is 42.4 Å². The lowest BCUT2D eigenvalue weighted by Crippen LogP contribution is -2.35. The summed E-state index contributed by atoms with van der Waals surface area (Å²) in [6, 6.07) is 24.1. The summed E-state index contributed by atoms with van der Waals surface area (Å²) in [4.78, 5) is 2.40. The minimum Gasteiger partial charge on any atom is -0.381 e. The van der Waals surface area contributed by atoms with Gasteiger partial charge in [-0.05, 0) is 53.1 Å². The molecule has 1 fully saturated rings. The molecule has 0 aliphatic carbocycles. The van der Waals surface area contributed by atoms with Gasteiger partial charge in [-0.2, -0.15) is 0 Å². The lowest BCUT2D eigenvalue weighted by molar-refractivity contribution is -0.0948. The number of benzene rings is 3. The van der Waals surface area contributed by atoms with Crippen molar-refractivity contribution in [3.8, 4) is 0 Å². The van der Waals surface area contributed by atoms with E-state index in [1.165, 1.54) is 33.1 Å². The fourth-order valence-electron chi connectivity index (χ4n) is 4.06. The summed E-state index contributed by atoms with van der Waals surface area (Å²) in [6.45, 7) is 3.62. The summed E-state index contributed by atoms with van der Waals surface area (Å²) in [6.07, 6.45) is 1.77. The van der Waals surface area contributed by atoms with Gasteiger partial charge < -0.3 is 9.47 Å². The highest BCUT2D eigenvalue weighted by Crippen LogP contribution is 2.38. The molecule has 0 aromatic heterocycles. The van der Waals surface area contributed by atoms with E-state index in [0.717, 1.165) is 31.6 Å². The van der Waals surface area contributed by atoms with Crippen molar-refractivity contribution in [1.29, 1.82) is 0 Å². The van der Waals surface area contributed by atoms with Gasteiger partial charge >= 0.3 is 0 Å². The molecule has 3 aromatic carbocycles. The van der Waals surface area contributed by atoms with Crippen LogP contribution in [0.3, 0.4) is 0 Å². The molecule has 3 aromatic rings. The summed E-state index contributed by atoms with van der Waals surface area (Å²) in [5.74, 6) is 0.0268. The second-order valence-electron chi connectivity index (χ2n) is 7.78. The summed E-state index contributed by atoms with van der Waals surface area (Å²) in [5.41, 5.74) is 3.31. The van der Waals surface area contributed by atoms with Crippen molar-refractivity contribution in [2.75, 3.05) is 20.3 Å². The maximum atomic E-state index is 13.2. The molecule has 1 aliphatic heterocycles. The Hall–Kier alpha value is -2.14. The molecule has 1 unspecified atom stereocenters. The third-order valence-corrected chi connectivity index (χ3v) is 7.03. The zero-order valence-electron chi connectivity index (χ0n) is 17.4. The molecule has 4 heteroatoms. The van der Waals surface area contributed by atoms with Gasteiger partial charge in [-0.25, -0.2) is 4.39 Å². The molecule has 4 rings (SSSR count). The monoisotopic (exact) mass is 422 g/mol. The maximum absolute atomic E-state index is 13.2. The van der Waals surface area contributed by atoms with Crippen LogP contribution in [0.5, 0.6) is 0 Å². The molecule has 156 valence electrons. The smallest absolute Gasteiger partial charge is 0.123 e. The lowest BCUT2D eigenvalue weighted by atomic mass is 9.86. The largest absolute Gasteiger partial charge is 0.381 e. The lowest BCUT2D eigenvalue weighted by Gasteiger charge is -2.36. The predicted octanol–water partition coefficient (Wildman–Crippen LogP) is 6.78. The van der Waals surface area contributed by atoms with E-state index in [1.54, 1.807) is 18.9 Å². The van der Waals surface area contributed by atoms with E-state index in [0.29, 0.717) is 0 Å². The SMILES string of the molecule is COC1(c2cccc(Sc3ccc(C(C)c4ccc(F)cc4)cc3)c2)CCOCC1. The van der Waals surface area contributed by atoms with E-state index in [9.17, 15) is 4.39 Å². The second-order valence-corrected chi connectivity index (χ2v) is 8.93. The molecule has 0 amide bonds. The van der Waals surface area contributed by atoms with E-state index < -0.39 is 0 Å². The molecule has 1 saturated heterocycles. The first-order valence-corrected chi connectivity index (χ1v) is 11.2. The molecule has 0 N–H and O–H groups in total. The molecule has 30 heavy (non-hydrogen) atoms. The number of hydrogen-bond acceptors (Lipinski definition) is 3. The van der Waals surface area contributed by atoms with E-state index in [4.69, 9.17) is 9.47 Å². The Morgan fingerprint density at radius 1 is 0.900 bits per heavy atom. The van der Waals surface area contributed by atoms with Crippen molar-refractivity contribution in [2.45, 2.75) is 41.1 Å². The summed E-state index contributed by atoms with van der Waals surface area (Å²) in [5, 5.41) is 0. The summed E-state index contributed by atoms with van der Waals surface area (Å²) >= 11 is 1.76. The highest BCUT2D eigenvalue weighted by atomic mass is 32.2.